The van der Waals surface area contributed by atoms with E-state index in [1.807, 2.05) is 0 Å². The van der Waals surface area contributed by atoms with E-state index < -0.39 is 0 Å². The average Bonchev–Trinajstić information content (AvgIpc) is 2.38. The Morgan fingerprint density at radius 3 is 2.72 bits per heavy atom. The van der Waals surface area contributed by atoms with Crippen LogP contribution in [0.1, 0.15) is 45.4 Å². The Labute approximate surface area is 108 Å². The maximum absolute atomic E-state index is 11.4. The van der Waals surface area contributed by atoms with Gasteiger partial charge in [-0.05, 0) is 6.42 Å². The van der Waals surface area contributed by atoms with Crippen LogP contribution in [0.25, 0.3) is 0 Å². The highest BCUT2D eigenvalue weighted by molar-refractivity contribution is 5.47. The molecule has 1 rings (SSSR count). The molecular formula is C13H23N3O2. The summed E-state index contributed by atoms with van der Waals surface area (Å²) in [5, 5.41) is 3.14. The maximum atomic E-state index is 11.4. The largest absolute Gasteiger partial charge is 0.489 e. The van der Waals surface area contributed by atoms with Crippen LogP contribution < -0.4 is 15.6 Å². The summed E-state index contributed by atoms with van der Waals surface area (Å²) in [6.07, 6.45) is 8.84. The standard InChI is InChI=1S/C13H23N3O2/c1-3-4-5-6-7-8-9-14-12-11(18-2)13(17)16-10-15-12/h10H,3-9H2,1-2H3,(H2,14,15,16,17). The van der Waals surface area contributed by atoms with Gasteiger partial charge in [-0.2, -0.15) is 0 Å². The summed E-state index contributed by atoms with van der Waals surface area (Å²) in [7, 11) is 1.47. The van der Waals surface area contributed by atoms with E-state index in [-0.39, 0.29) is 11.3 Å². The molecule has 0 radical (unpaired) electrons. The van der Waals surface area contributed by atoms with Crippen LogP contribution in [-0.2, 0) is 0 Å². The zero-order chi connectivity index (χ0) is 13.2. The van der Waals surface area contributed by atoms with Gasteiger partial charge >= 0.3 is 0 Å². The normalized spacial score (nSPS) is 10.3. The summed E-state index contributed by atoms with van der Waals surface area (Å²) in [6.45, 7) is 3.03. The zero-order valence-electron chi connectivity index (χ0n) is 11.3. The Kier molecular flexibility index (Phi) is 6.91. The quantitative estimate of drug-likeness (QED) is 0.664. The molecule has 0 atom stereocenters. The number of aromatic amines is 1. The molecular weight excluding hydrogens is 230 g/mol. The van der Waals surface area contributed by atoms with Gasteiger partial charge < -0.3 is 15.0 Å². The van der Waals surface area contributed by atoms with Crippen molar-refractivity contribution in [3.8, 4) is 5.75 Å². The number of ether oxygens (including phenoxy) is 1. The van der Waals surface area contributed by atoms with E-state index in [1.54, 1.807) is 0 Å². The number of unbranched alkanes of at least 4 members (excludes halogenated alkanes) is 5. The molecule has 1 aromatic heterocycles. The van der Waals surface area contributed by atoms with Crippen molar-refractivity contribution in [1.82, 2.24) is 9.97 Å². The molecule has 5 nitrogen and oxygen atoms in total. The van der Waals surface area contributed by atoms with Gasteiger partial charge in [0.25, 0.3) is 5.56 Å². The lowest BCUT2D eigenvalue weighted by Gasteiger charge is -2.08. The van der Waals surface area contributed by atoms with Crippen LogP contribution in [0.15, 0.2) is 11.1 Å². The Hall–Kier alpha value is -1.52. The van der Waals surface area contributed by atoms with Crippen LogP contribution in [0.4, 0.5) is 5.82 Å². The van der Waals surface area contributed by atoms with Gasteiger partial charge in [-0.3, -0.25) is 4.79 Å². The molecule has 0 saturated carbocycles. The van der Waals surface area contributed by atoms with Crippen LogP contribution in [0, 0.1) is 0 Å². The molecule has 0 aromatic carbocycles. The second-order valence-electron chi connectivity index (χ2n) is 4.31. The van der Waals surface area contributed by atoms with Gasteiger partial charge in [0.1, 0.15) is 0 Å². The lowest BCUT2D eigenvalue weighted by atomic mass is 10.1. The SMILES string of the molecule is CCCCCCCCNc1nc[nH]c(=O)c1OC. The topological polar surface area (TPSA) is 67.0 Å². The number of rotatable bonds is 9. The van der Waals surface area contributed by atoms with Crippen molar-refractivity contribution < 1.29 is 4.74 Å². The number of anilines is 1. The van der Waals surface area contributed by atoms with Crippen molar-refractivity contribution in [2.24, 2.45) is 0 Å². The van der Waals surface area contributed by atoms with E-state index in [9.17, 15) is 4.79 Å². The van der Waals surface area contributed by atoms with Crippen molar-refractivity contribution in [2.75, 3.05) is 19.0 Å². The van der Waals surface area contributed by atoms with Crippen molar-refractivity contribution >= 4 is 5.82 Å². The van der Waals surface area contributed by atoms with Gasteiger partial charge in [-0.1, -0.05) is 39.0 Å². The first kappa shape index (κ1) is 14.5. The molecule has 0 bridgehead atoms. The minimum absolute atomic E-state index is 0.252. The molecule has 0 amide bonds. The van der Waals surface area contributed by atoms with E-state index in [1.165, 1.54) is 45.5 Å². The van der Waals surface area contributed by atoms with E-state index in [4.69, 9.17) is 4.74 Å². The molecule has 0 saturated heterocycles. The summed E-state index contributed by atoms with van der Waals surface area (Å²) in [4.78, 5) is 18.0. The third kappa shape index (κ3) is 4.77. The first-order valence-corrected chi connectivity index (χ1v) is 6.65. The summed E-state index contributed by atoms with van der Waals surface area (Å²) >= 11 is 0. The molecule has 0 fully saturated rings. The molecule has 0 unspecified atom stereocenters. The van der Waals surface area contributed by atoms with Crippen LogP contribution in [0.2, 0.25) is 0 Å². The van der Waals surface area contributed by atoms with Gasteiger partial charge in [-0.15, -0.1) is 0 Å². The molecule has 0 aliphatic heterocycles. The maximum Gasteiger partial charge on any atom is 0.295 e. The second kappa shape index (κ2) is 8.55. The highest BCUT2D eigenvalue weighted by Crippen LogP contribution is 2.14. The summed E-state index contributed by atoms with van der Waals surface area (Å²) in [6, 6.07) is 0. The summed E-state index contributed by atoms with van der Waals surface area (Å²) in [5.41, 5.74) is -0.252. The van der Waals surface area contributed by atoms with E-state index >= 15 is 0 Å². The van der Waals surface area contributed by atoms with Gasteiger partial charge in [0, 0.05) is 6.54 Å². The second-order valence-corrected chi connectivity index (χ2v) is 4.31. The Bertz CT molecular complexity index is 390. The number of nitrogens with zero attached hydrogens (tertiary/aromatic N) is 1. The van der Waals surface area contributed by atoms with Crippen molar-refractivity contribution in [2.45, 2.75) is 45.4 Å². The predicted octanol–water partition coefficient (Wildman–Crippen LogP) is 2.55. The van der Waals surface area contributed by atoms with E-state index in [2.05, 4.69) is 22.2 Å². The third-order valence-electron chi connectivity index (χ3n) is 2.84. The van der Waals surface area contributed by atoms with Gasteiger partial charge in [0.05, 0.1) is 13.4 Å². The number of hydrogen-bond acceptors (Lipinski definition) is 4. The molecule has 18 heavy (non-hydrogen) atoms. The highest BCUT2D eigenvalue weighted by atomic mass is 16.5. The first-order valence-electron chi connectivity index (χ1n) is 6.65. The lowest BCUT2D eigenvalue weighted by Crippen LogP contribution is -2.14. The van der Waals surface area contributed by atoms with Gasteiger partial charge in [0.15, 0.2) is 5.82 Å². The third-order valence-corrected chi connectivity index (χ3v) is 2.84. The van der Waals surface area contributed by atoms with Crippen LogP contribution in [-0.4, -0.2) is 23.6 Å². The Morgan fingerprint density at radius 2 is 2.00 bits per heavy atom. The Balaban J connectivity index is 2.27. The number of H-pyrrole nitrogens is 1. The van der Waals surface area contributed by atoms with Crippen molar-refractivity contribution in [3.63, 3.8) is 0 Å². The number of aromatic nitrogens is 2. The van der Waals surface area contributed by atoms with E-state index in [0.717, 1.165) is 13.0 Å². The molecule has 0 aliphatic carbocycles. The van der Waals surface area contributed by atoms with Crippen LogP contribution >= 0.6 is 0 Å². The number of nitrogens with one attached hydrogen (secondary N) is 2. The monoisotopic (exact) mass is 253 g/mol. The molecule has 2 N–H and O–H groups in total. The average molecular weight is 253 g/mol. The smallest absolute Gasteiger partial charge is 0.295 e. The molecule has 0 spiro atoms. The molecule has 102 valence electrons. The lowest BCUT2D eigenvalue weighted by molar-refractivity contribution is 0.408. The van der Waals surface area contributed by atoms with Crippen molar-refractivity contribution in [1.29, 1.82) is 0 Å². The van der Waals surface area contributed by atoms with Gasteiger partial charge in [-0.25, -0.2) is 4.98 Å². The summed E-state index contributed by atoms with van der Waals surface area (Å²) in [5.74, 6) is 0.776. The fourth-order valence-corrected chi connectivity index (χ4v) is 1.81. The molecule has 5 heteroatoms. The molecule has 1 aromatic rings. The minimum atomic E-state index is -0.252. The Morgan fingerprint density at radius 1 is 1.28 bits per heavy atom. The van der Waals surface area contributed by atoms with E-state index in [0.29, 0.717) is 5.82 Å². The predicted molar refractivity (Wildman–Crippen MR) is 73.3 cm³/mol. The zero-order valence-corrected chi connectivity index (χ0v) is 11.3. The first-order chi connectivity index (χ1) is 8.79. The fraction of sp³-hybridized carbons (Fsp3) is 0.692. The highest BCUT2D eigenvalue weighted by Gasteiger charge is 2.07. The van der Waals surface area contributed by atoms with Crippen LogP contribution in [0.5, 0.6) is 5.75 Å². The fourth-order valence-electron chi connectivity index (χ4n) is 1.81. The molecule has 1 heterocycles. The summed E-state index contributed by atoms with van der Waals surface area (Å²) < 4.78 is 5.02. The molecule has 0 aliphatic rings. The van der Waals surface area contributed by atoms with Crippen molar-refractivity contribution in [3.05, 3.63) is 16.7 Å². The minimum Gasteiger partial charge on any atom is -0.489 e. The number of methoxy groups -OCH3 is 1. The number of hydrogen-bond donors (Lipinski definition) is 2. The van der Waals surface area contributed by atoms with Gasteiger partial charge in [0.2, 0.25) is 5.75 Å². The van der Waals surface area contributed by atoms with Crippen LogP contribution in [0.3, 0.4) is 0 Å².